The van der Waals surface area contributed by atoms with E-state index < -0.39 is 5.92 Å². The van der Waals surface area contributed by atoms with Gasteiger partial charge < -0.3 is 4.74 Å². The monoisotopic (exact) mass is 519 g/mol. The van der Waals surface area contributed by atoms with E-state index in [9.17, 15) is 13.6 Å². The molecule has 1 heterocycles. The number of alkyl halides is 2. The van der Waals surface area contributed by atoms with Gasteiger partial charge >= 0.3 is 0 Å². The second kappa shape index (κ2) is 11.1. The van der Waals surface area contributed by atoms with Crippen LogP contribution in [0.3, 0.4) is 0 Å². The molecule has 0 radical (unpaired) electrons. The summed E-state index contributed by atoms with van der Waals surface area (Å²) in [6.07, 6.45) is 0.557. The van der Waals surface area contributed by atoms with E-state index in [4.69, 9.17) is 4.74 Å². The molecule has 1 atom stereocenters. The van der Waals surface area contributed by atoms with Crippen LogP contribution in [0.15, 0.2) is 60.7 Å². The molecule has 4 rings (SSSR count). The molecular formula is C29H31F2N5O2. The van der Waals surface area contributed by atoms with Crippen LogP contribution in [0.2, 0.25) is 0 Å². The molecule has 0 fully saturated rings. The number of H-pyrrole nitrogens is 1. The van der Waals surface area contributed by atoms with Gasteiger partial charge in [-0.15, -0.1) is 5.10 Å². The number of aryl methyl sites for hydroxylation is 2. The summed E-state index contributed by atoms with van der Waals surface area (Å²) in [5.41, 5.74) is 5.27. The number of amides is 1. The smallest absolute Gasteiger partial charge is 0.270 e. The molecule has 0 aliphatic carbocycles. The third-order valence-electron chi connectivity index (χ3n) is 6.27. The minimum absolute atomic E-state index is 0.00801. The Morgan fingerprint density at radius 3 is 2.18 bits per heavy atom. The molecule has 1 unspecified atom stereocenters. The zero-order valence-corrected chi connectivity index (χ0v) is 22.0. The number of tetrazole rings is 1. The van der Waals surface area contributed by atoms with Crippen LogP contribution in [0.25, 0.3) is 11.1 Å². The molecular weight excluding hydrogens is 488 g/mol. The maximum absolute atomic E-state index is 13.6. The fourth-order valence-corrected chi connectivity index (χ4v) is 4.46. The lowest BCUT2D eigenvalue weighted by Gasteiger charge is -2.23. The predicted molar refractivity (Wildman–Crippen MR) is 142 cm³/mol. The minimum atomic E-state index is -2.87. The summed E-state index contributed by atoms with van der Waals surface area (Å²) < 4.78 is 33.8. The number of benzene rings is 3. The Kier molecular flexibility index (Phi) is 7.85. The molecule has 7 nitrogen and oxygen atoms in total. The maximum atomic E-state index is 13.6. The summed E-state index contributed by atoms with van der Waals surface area (Å²) in [6.45, 7) is 9.15. The fourth-order valence-electron chi connectivity index (χ4n) is 4.46. The summed E-state index contributed by atoms with van der Waals surface area (Å²) in [5, 5.41) is 15.8. The first-order valence-corrected chi connectivity index (χ1v) is 12.4. The van der Waals surface area contributed by atoms with E-state index in [1.54, 1.807) is 24.3 Å². The molecule has 0 bridgehead atoms. The SMILES string of the molecule is Cc1cc(OC(CC(C)C)c2ccc(C(=O)Nc3nn[nH]n3)cc2)cc(C)c1-c1ccc(C(C)(F)F)cc1. The van der Waals surface area contributed by atoms with Gasteiger partial charge in [0.05, 0.1) is 0 Å². The van der Waals surface area contributed by atoms with Gasteiger partial charge in [-0.2, -0.15) is 5.21 Å². The van der Waals surface area contributed by atoms with Crippen LogP contribution in [0.4, 0.5) is 14.7 Å². The number of nitrogens with zero attached hydrogens (tertiary/aromatic N) is 3. The van der Waals surface area contributed by atoms with E-state index in [2.05, 4.69) is 39.8 Å². The van der Waals surface area contributed by atoms with Crippen molar-refractivity contribution in [3.8, 4) is 16.9 Å². The first-order chi connectivity index (χ1) is 18.0. The largest absolute Gasteiger partial charge is 0.486 e. The Morgan fingerprint density at radius 1 is 1.03 bits per heavy atom. The first kappa shape index (κ1) is 26.9. The van der Waals surface area contributed by atoms with Gasteiger partial charge in [0.15, 0.2) is 0 Å². The van der Waals surface area contributed by atoms with Crippen LogP contribution < -0.4 is 10.1 Å². The molecule has 0 saturated heterocycles. The maximum Gasteiger partial charge on any atom is 0.270 e. The van der Waals surface area contributed by atoms with Crippen LogP contribution in [0, 0.1) is 19.8 Å². The zero-order chi connectivity index (χ0) is 27.4. The third kappa shape index (κ3) is 6.40. The number of aromatic amines is 1. The number of hydrogen-bond acceptors (Lipinski definition) is 5. The van der Waals surface area contributed by atoms with E-state index in [1.807, 2.05) is 38.1 Å². The summed E-state index contributed by atoms with van der Waals surface area (Å²) in [7, 11) is 0. The van der Waals surface area contributed by atoms with Gasteiger partial charge in [-0.25, -0.2) is 8.78 Å². The topological polar surface area (TPSA) is 92.8 Å². The normalized spacial score (nSPS) is 12.4. The van der Waals surface area contributed by atoms with Crippen molar-refractivity contribution in [2.24, 2.45) is 5.92 Å². The molecule has 1 amide bonds. The van der Waals surface area contributed by atoms with Crippen molar-refractivity contribution in [3.63, 3.8) is 0 Å². The van der Waals surface area contributed by atoms with E-state index in [-0.39, 0.29) is 23.5 Å². The van der Waals surface area contributed by atoms with Gasteiger partial charge in [0, 0.05) is 18.1 Å². The Balaban J connectivity index is 1.55. The summed E-state index contributed by atoms with van der Waals surface area (Å²) >= 11 is 0. The lowest BCUT2D eigenvalue weighted by Crippen LogP contribution is -2.14. The summed E-state index contributed by atoms with van der Waals surface area (Å²) in [4.78, 5) is 12.5. The molecule has 198 valence electrons. The van der Waals surface area contributed by atoms with Crippen molar-refractivity contribution in [1.29, 1.82) is 0 Å². The highest BCUT2D eigenvalue weighted by Crippen LogP contribution is 2.36. The summed E-state index contributed by atoms with van der Waals surface area (Å²) in [5.74, 6) is -2.00. The molecule has 38 heavy (non-hydrogen) atoms. The van der Waals surface area contributed by atoms with Crippen LogP contribution in [0.1, 0.15) is 65.9 Å². The zero-order valence-electron chi connectivity index (χ0n) is 22.0. The predicted octanol–water partition coefficient (Wildman–Crippen LogP) is 7.01. The molecule has 4 aromatic rings. The number of hydrogen-bond donors (Lipinski definition) is 2. The number of carbonyl (C=O) groups excluding carboxylic acids is 1. The standard InChI is InChI=1S/C29H31F2N5O2/c1-17(2)14-25(20-6-8-22(9-7-20)27(37)32-28-33-35-36-34-28)38-24-15-18(3)26(19(4)16-24)21-10-12-23(13-11-21)29(5,30)31/h6-13,15-17,25H,14H2,1-5H3,(H2,32,33,34,35,36,37). The first-order valence-electron chi connectivity index (χ1n) is 12.4. The van der Waals surface area contributed by atoms with Gasteiger partial charge in [-0.3, -0.25) is 10.1 Å². The number of anilines is 1. The quantitative estimate of drug-likeness (QED) is 0.248. The van der Waals surface area contributed by atoms with Crippen molar-refractivity contribution in [2.75, 3.05) is 5.32 Å². The van der Waals surface area contributed by atoms with Gasteiger partial charge in [0.1, 0.15) is 11.9 Å². The van der Waals surface area contributed by atoms with Crippen LogP contribution in [-0.4, -0.2) is 26.5 Å². The van der Waals surface area contributed by atoms with Crippen LogP contribution in [-0.2, 0) is 5.92 Å². The summed E-state index contributed by atoms with van der Waals surface area (Å²) in [6, 6.07) is 17.6. The molecule has 0 saturated carbocycles. The molecule has 9 heteroatoms. The van der Waals surface area contributed by atoms with Crippen LogP contribution in [0.5, 0.6) is 5.75 Å². The Morgan fingerprint density at radius 2 is 1.66 bits per heavy atom. The fraction of sp³-hybridized carbons (Fsp3) is 0.310. The molecule has 3 aromatic carbocycles. The molecule has 0 spiro atoms. The van der Waals surface area contributed by atoms with Crippen molar-refractivity contribution < 1.29 is 18.3 Å². The van der Waals surface area contributed by atoms with E-state index in [1.165, 1.54) is 12.1 Å². The minimum Gasteiger partial charge on any atom is -0.486 e. The van der Waals surface area contributed by atoms with E-state index in [0.29, 0.717) is 11.5 Å². The lowest BCUT2D eigenvalue weighted by molar-refractivity contribution is 0.0175. The Hall–Kier alpha value is -4.14. The average Bonchev–Trinajstić information content (AvgIpc) is 3.36. The number of halogens is 2. The third-order valence-corrected chi connectivity index (χ3v) is 6.27. The van der Waals surface area contributed by atoms with Crippen molar-refractivity contribution in [3.05, 3.63) is 88.5 Å². The number of aromatic nitrogens is 4. The van der Waals surface area contributed by atoms with Gasteiger partial charge in [-0.05, 0) is 83.5 Å². The van der Waals surface area contributed by atoms with Gasteiger partial charge in [-0.1, -0.05) is 55.3 Å². The molecule has 0 aliphatic rings. The lowest BCUT2D eigenvalue weighted by atomic mass is 9.94. The highest BCUT2D eigenvalue weighted by Gasteiger charge is 2.24. The Bertz CT molecular complexity index is 1360. The van der Waals surface area contributed by atoms with E-state index >= 15 is 0 Å². The number of rotatable bonds is 9. The van der Waals surface area contributed by atoms with Gasteiger partial charge in [0.25, 0.3) is 17.8 Å². The molecule has 2 N–H and O–H groups in total. The van der Waals surface area contributed by atoms with Crippen molar-refractivity contribution in [2.45, 2.75) is 53.1 Å². The molecule has 0 aliphatic heterocycles. The highest BCUT2D eigenvalue weighted by molar-refractivity contribution is 6.03. The second-order valence-corrected chi connectivity index (χ2v) is 9.95. The molecule has 1 aromatic heterocycles. The van der Waals surface area contributed by atoms with Crippen molar-refractivity contribution in [1.82, 2.24) is 20.6 Å². The van der Waals surface area contributed by atoms with E-state index in [0.717, 1.165) is 46.9 Å². The number of nitrogens with one attached hydrogen (secondary N) is 2. The van der Waals surface area contributed by atoms with Crippen molar-refractivity contribution >= 4 is 11.9 Å². The van der Waals surface area contributed by atoms with Gasteiger partial charge in [0.2, 0.25) is 0 Å². The second-order valence-electron chi connectivity index (χ2n) is 9.95. The Labute approximate surface area is 220 Å². The van der Waals surface area contributed by atoms with Crippen LogP contribution >= 0.6 is 0 Å². The highest BCUT2D eigenvalue weighted by atomic mass is 19.3. The number of carbonyl (C=O) groups is 1. The number of ether oxygens (including phenoxy) is 1. The average molecular weight is 520 g/mol.